The van der Waals surface area contributed by atoms with Gasteiger partial charge in [0.05, 0.1) is 3.79 Å². The fourth-order valence-corrected chi connectivity index (χ4v) is 3.42. The van der Waals surface area contributed by atoms with Crippen molar-refractivity contribution in [1.82, 2.24) is 0 Å². The number of ketones is 1. The van der Waals surface area contributed by atoms with Crippen molar-refractivity contribution in [2.75, 3.05) is 0 Å². The molecule has 0 spiro atoms. The number of rotatable bonds is 3. The van der Waals surface area contributed by atoms with E-state index >= 15 is 0 Å². The summed E-state index contributed by atoms with van der Waals surface area (Å²) in [5, 5.41) is 0. The van der Waals surface area contributed by atoms with Gasteiger partial charge in [0.25, 0.3) is 0 Å². The molecule has 0 bridgehead atoms. The Hall–Kier alpha value is -0.930. The molecule has 0 saturated carbocycles. The summed E-state index contributed by atoms with van der Waals surface area (Å²) in [5.41, 5.74) is 3.13. The van der Waals surface area contributed by atoms with Crippen LogP contribution in [0.25, 0.3) is 0 Å². The van der Waals surface area contributed by atoms with Crippen LogP contribution in [0.2, 0.25) is 0 Å². The van der Waals surface area contributed by atoms with Crippen LogP contribution in [0.3, 0.4) is 0 Å². The van der Waals surface area contributed by atoms with E-state index in [1.54, 1.807) is 11.3 Å². The molecule has 0 aliphatic carbocycles. The van der Waals surface area contributed by atoms with Crippen molar-refractivity contribution in [1.29, 1.82) is 0 Å². The van der Waals surface area contributed by atoms with Gasteiger partial charge in [-0.05, 0) is 41.4 Å². The summed E-state index contributed by atoms with van der Waals surface area (Å²) in [6.45, 7) is 4.03. The molecule has 17 heavy (non-hydrogen) atoms. The Bertz CT molecular complexity index is 540. The zero-order chi connectivity index (χ0) is 12.4. The van der Waals surface area contributed by atoms with Crippen molar-refractivity contribution in [3.63, 3.8) is 0 Å². The van der Waals surface area contributed by atoms with E-state index in [9.17, 15) is 4.79 Å². The maximum atomic E-state index is 12.1. The predicted octanol–water partition coefficient (Wildman–Crippen LogP) is 4.55. The molecule has 1 aromatic heterocycles. The highest BCUT2D eigenvalue weighted by atomic mass is 79.9. The molecule has 0 fully saturated rings. The van der Waals surface area contributed by atoms with E-state index < -0.39 is 0 Å². The topological polar surface area (TPSA) is 17.1 Å². The number of aryl methyl sites for hydroxylation is 2. The van der Waals surface area contributed by atoms with E-state index in [-0.39, 0.29) is 5.78 Å². The van der Waals surface area contributed by atoms with Gasteiger partial charge >= 0.3 is 0 Å². The number of carbonyl (C=O) groups excluding carboxylic acids is 1. The van der Waals surface area contributed by atoms with Crippen LogP contribution in [0.4, 0.5) is 0 Å². The summed E-state index contributed by atoms with van der Waals surface area (Å²) in [7, 11) is 0. The van der Waals surface area contributed by atoms with Gasteiger partial charge in [0.15, 0.2) is 5.78 Å². The molecular weight excluding hydrogens is 296 g/mol. The zero-order valence-electron chi connectivity index (χ0n) is 9.79. The fraction of sp³-hybridized carbons (Fsp3) is 0.214. The molecule has 88 valence electrons. The summed E-state index contributed by atoms with van der Waals surface area (Å²) >= 11 is 5.02. The fourth-order valence-electron chi connectivity index (χ4n) is 1.71. The summed E-state index contributed by atoms with van der Waals surface area (Å²) in [4.78, 5) is 13.2. The quantitative estimate of drug-likeness (QED) is 0.760. The van der Waals surface area contributed by atoms with Gasteiger partial charge in [0, 0.05) is 16.9 Å². The molecule has 0 radical (unpaired) electrons. The minimum absolute atomic E-state index is 0.188. The molecule has 0 atom stereocenters. The number of hydrogen-bond donors (Lipinski definition) is 0. The van der Waals surface area contributed by atoms with E-state index in [1.165, 1.54) is 5.56 Å². The Morgan fingerprint density at radius 3 is 2.41 bits per heavy atom. The van der Waals surface area contributed by atoms with Gasteiger partial charge in [0.1, 0.15) is 0 Å². The molecule has 1 aromatic carbocycles. The number of Topliss-reactive ketones (excluding diaryl/α,β-unsaturated/α-hetero) is 1. The highest BCUT2D eigenvalue weighted by Gasteiger charge is 2.12. The van der Waals surface area contributed by atoms with Gasteiger partial charge in [-0.1, -0.05) is 29.8 Å². The summed E-state index contributed by atoms with van der Waals surface area (Å²) < 4.78 is 1.02. The van der Waals surface area contributed by atoms with E-state index in [1.807, 2.05) is 44.2 Å². The van der Waals surface area contributed by atoms with Crippen molar-refractivity contribution in [2.45, 2.75) is 20.3 Å². The Kier molecular flexibility index (Phi) is 3.79. The van der Waals surface area contributed by atoms with E-state index in [0.29, 0.717) is 6.42 Å². The second-order valence-corrected chi connectivity index (χ2v) is 6.74. The molecule has 0 saturated heterocycles. The Morgan fingerprint density at radius 1 is 1.24 bits per heavy atom. The molecule has 2 rings (SSSR count). The lowest BCUT2D eigenvalue weighted by Gasteiger charge is -2.01. The summed E-state index contributed by atoms with van der Waals surface area (Å²) in [5.74, 6) is 0.188. The molecule has 3 heteroatoms. The molecule has 0 unspecified atom stereocenters. The van der Waals surface area contributed by atoms with Crippen LogP contribution in [-0.2, 0) is 6.42 Å². The van der Waals surface area contributed by atoms with Gasteiger partial charge in [-0.3, -0.25) is 4.79 Å². The van der Waals surface area contributed by atoms with Crippen LogP contribution in [-0.4, -0.2) is 5.78 Å². The van der Waals surface area contributed by atoms with Crippen LogP contribution in [0, 0.1) is 13.8 Å². The second kappa shape index (κ2) is 5.15. The van der Waals surface area contributed by atoms with Gasteiger partial charge < -0.3 is 0 Å². The smallest absolute Gasteiger partial charge is 0.168 e. The van der Waals surface area contributed by atoms with E-state index in [4.69, 9.17) is 0 Å². The first-order valence-corrected chi connectivity index (χ1v) is 7.02. The molecule has 0 amide bonds. The summed E-state index contributed by atoms with van der Waals surface area (Å²) in [6, 6.07) is 10.0. The van der Waals surface area contributed by atoms with Crippen LogP contribution in [0.5, 0.6) is 0 Å². The first-order chi connectivity index (χ1) is 8.06. The van der Waals surface area contributed by atoms with Crippen LogP contribution in [0.1, 0.15) is 26.4 Å². The molecule has 0 aliphatic heterocycles. The Labute approximate surface area is 114 Å². The lowest BCUT2D eigenvalue weighted by molar-refractivity contribution is 0.0993. The number of thiophene rings is 1. The standard InChI is InChI=1S/C14H13BrOS/c1-9-3-5-11(6-4-9)7-13(16)12-8-14(15)17-10(12)2/h3-6,8H,7H2,1-2H3. The third-order valence-corrected chi connectivity index (χ3v) is 4.23. The molecule has 1 nitrogen and oxygen atoms in total. The third-order valence-electron chi connectivity index (χ3n) is 2.67. The Morgan fingerprint density at radius 2 is 1.88 bits per heavy atom. The number of benzene rings is 1. The zero-order valence-corrected chi connectivity index (χ0v) is 12.2. The van der Waals surface area contributed by atoms with Crippen molar-refractivity contribution < 1.29 is 4.79 Å². The first kappa shape index (κ1) is 12.5. The van der Waals surface area contributed by atoms with Gasteiger partial charge in [-0.2, -0.15) is 0 Å². The maximum Gasteiger partial charge on any atom is 0.168 e. The molecular formula is C14H13BrOS. The minimum atomic E-state index is 0.188. The maximum absolute atomic E-state index is 12.1. The Balaban J connectivity index is 2.17. The highest BCUT2D eigenvalue weighted by Crippen LogP contribution is 2.27. The lowest BCUT2D eigenvalue weighted by Crippen LogP contribution is -2.03. The van der Waals surface area contributed by atoms with E-state index in [0.717, 1.165) is 19.8 Å². The minimum Gasteiger partial charge on any atom is -0.294 e. The second-order valence-electron chi connectivity index (χ2n) is 4.11. The molecule has 1 heterocycles. The number of halogens is 1. The van der Waals surface area contributed by atoms with Crippen molar-refractivity contribution in [3.05, 3.63) is 55.7 Å². The van der Waals surface area contributed by atoms with E-state index in [2.05, 4.69) is 15.9 Å². The van der Waals surface area contributed by atoms with Gasteiger partial charge in [-0.15, -0.1) is 11.3 Å². The number of hydrogen-bond acceptors (Lipinski definition) is 2. The lowest BCUT2D eigenvalue weighted by atomic mass is 10.0. The van der Waals surface area contributed by atoms with Gasteiger partial charge in [0.2, 0.25) is 0 Å². The average molecular weight is 309 g/mol. The highest BCUT2D eigenvalue weighted by molar-refractivity contribution is 9.11. The number of carbonyl (C=O) groups is 1. The van der Waals surface area contributed by atoms with Crippen molar-refractivity contribution >= 4 is 33.0 Å². The SMILES string of the molecule is Cc1ccc(CC(=O)c2cc(Br)sc2C)cc1. The monoisotopic (exact) mass is 308 g/mol. The van der Waals surface area contributed by atoms with Crippen LogP contribution >= 0.6 is 27.3 Å². The summed E-state index contributed by atoms with van der Waals surface area (Å²) in [6.07, 6.45) is 0.476. The average Bonchev–Trinajstić information content (AvgIpc) is 2.61. The van der Waals surface area contributed by atoms with Crippen molar-refractivity contribution in [3.8, 4) is 0 Å². The third kappa shape index (κ3) is 3.05. The molecule has 2 aromatic rings. The normalized spacial score (nSPS) is 10.5. The van der Waals surface area contributed by atoms with Crippen molar-refractivity contribution in [2.24, 2.45) is 0 Å². The van der Waals surface area contributed by atoms with Gasteiger partial charge in [-0.25, -0.2) is 0 Å². The molecule has 0 N–H and O–H groups in total. The largest absolute Gasteiger partial charge is 0.294 e. The predicted molar refractivity (Wildman–Crippen MR) is 76.0 cm³/mol. The molecule has 0 aliphatic rings. The van der Waals surface area contributed by atoms with Crippen LogP contribution < -0.4 is 0 Å². The first-order valence-electron chi connectivity index (χ1n) is 5.41. The van der Waals surface area contributed by atoms with Crippen LogP contribution in [0.15, 0.2) is 34.1 Å².